The number of Topliss-reactive ketones (excluding diaryl/α,β-unsaturated/α-hetero) is 1. The van der Waals surface area contributed by atoms with Crippen LogP contribution in [0.4, 0.5) is 5.69 Å². The number of fused-ring (bicyclic) bond motifs is 2. The molecule has 7 heteroatoms. The Bertz CT molecular complexity index is 1260. The fraction of sp³-hybridized carbons (Fsp3) is 0.200. The van der Waals surface area contributed by atoms with Crippen molar-refractivity contribution >= 4 is 33.3 Å². The third-order valence-corrected chi connectivity index (χ3v) is 7.17. The minimum atomic E-state index is -1.19. The zero-order valence-electron chi connectivity index (χ0n) is 17.2. The van der Waals surface area contributed by atoms with Gasteiger partial charge in [0.15, 0.2) is 17.3 Å². The predicted molar refractivity (Wildman–Crippen MR) is 124 cm³/mol. The molecule has 5 rings (SSSR count). The Hall–Kier alpha value is -3.16. The van der Waals surface area contributed by atoms with Gasteiger partial charge in [-0.2, -0.15) is 0 Å². The number of likely N-dealkylation sites (tertiary alicyclic amines) is 1. The summed E-state index contributed by atoms with van der Waals surface area (Å²) in [6, 6.07) is 19.2. The molecule has 1 saturated heterocycles. The zero-order chi connectivity index (χ0) is 22.6. The van der Waals surface area contributed by atoms with Gasteiger partial charge in [-0.3, -0.25) is 14.5 Å². The van der Waals surface area contributed by atoms with E-state index in [-0.39, 0.29) is 29.1 Å². The SMILES string of the molecule is CN1CC(c2ccc(O)c(O)c2)C(C(=O)c2cccc(Br)c2)C12C(=O)Nc1ccccc12. The summed E-state index contributed by atoms with van der Waals surface area (Å²) in [4.78, 5) is 29.6. The summed E-state index contributed by atoms with van der Waals surface area (Å²) >= 11 is 3.44. The largest absolute Gasteiger partial charge is 0.504 e. The van der Waals surface area contributed by atoms with Gasteiger partial charge in [-0.05, 0) is 42.9 Å². The van der Waals surface area contributed by atoms with Gasteiger partial charge in [-0.1, -0.05) is 52.3 Å². The van der Waals surface area contributed by atoms with Crippen LogP contribution < -0.4 is 5.32 Å². The van der Waals surface area contributed by atoms with E-state index in [2.05, 4.69) is 21.2 Å². The molecule has 2 aliphatic rings. The number of rotatable bonds is 3. The quantitative estimate of drug-likeness (QED) is 0.375. The molecule has 3 aromatic rings. The van der Waals surface area contributed by atoms with Crippen molar-refractivity contribution in [3.8, 4) is 11.5 Å². The van der Waals surface area contributed by atoms with E-state index in [4.69, 9.17) is 0 Å². The highest BCUT2D eigenvalue weighted by atomic mass is 79.9. The average molecular weight is 493 g/mol. The molecule has 2 aliphatic heterocycles. The van der Waals surface area contributed by atoms with E-state index in [0.29, 0.717) is 23.4 Å². The second kappa shape index (κ2) is 7.46. The van der Waals surface area contributed by atoms with Crippen LogP contribution in [0.2, 0.25) is 0 Å². The summed E-state index contributed by atoms with van der Waals surface area (Å²) in [6.45, 7) is 0.427. The number of phenols is 2. The van der Waals surface area contributed by atoms with E-state index in [1.165, 1.54) is 12.1 Å². The van der Waals surface area contributed by atoms with Crippen LogP contribution in [-0.2, 0) is 10.3 Å². The third kappa shape index (κ3) is 2.88. The summed E-state index contributed by atoms with van der Waals surface area (Å²) in [5.41, 5.74) is 1.48. The van der Waals surface area contributed by atoms with Crippen molar-refractivity contribution in [1.29, 1.82) is 0 Å². The second-order valence-corrected chi connectivity index (χ2v) is 9.27. The highest BCUT2D eigenvalue weighted by Crippen LogP contribution is 2.56. The maximum atomic E-state index is 14.1. The molecular formula is C25H21BrN2O4. The van der Waals surface area contributed by atoms with Gasteiger partial charge >= 0.3 is 0 Å². The van der Waals surface area contributed by atoms with Crippen LogP contribution in [0.5, 0.6) is 11.5 Å². The lowest BCUT2D eigenvalue weighted by atomic mass is 9.70. The minimum Gasteiger partial charge on any atom is -0.504 e. The van der Waals surface area contributed by atoms with Crippen molar-refractivity contribution in [1.82, 2.24) is 4.90 Å². The van der Waals surface area contributed by atoms with Gasteiger partial charge < -0.3 is 15.5 Å². The van der Waals surface area contributed by atoms with E-state index in [1.54, 1.807) is 24.3 Å². The fourth-order valence-corrected chi connectivity index (χ4v) is 5.69. The first-order valence-electron chi connectivity index (χ1n) is 10.3. The second-order valence-electron chi connectivity index (χ2n) is 8.35. The molecule has 1 amide bonds. The molecule has 162 valence electrons. The number of phenolic OH excluding ortho intramolecular Hbond substituents is 2. The van der Waals surface area contributed by atoms with Crippen molar-refractivity contribution < 1.29 is 19.8 Å². The Balaban J connectivity index is 1.74. The van der Waals surface area contributed by atoms with Crippen LogP contribution in [0.1, 0.15) is 27.4 Å². The molecule has 1 fully saturated rings. The number of amides is 1. The monoisotopic (exact) mass is 492 g/mol. The number of para-hydroxylation sites is 1. The molecule has 0 bridgehead atoms. The first-order valence-corrected chi connectivity index (χ1v) is 11.1. The van der Waals surface area contributed by atoms with Crippen molar-refractivity contribution in [2.45, 2.75) is 11.5 Å². The molecule has 6 nitrogen and oxygen atoms in total. The van der Waals surface area contributed by atoms with E-state index in [9.17, 15) is 19.8 Å². The van der Waals surface area contributed by atoms with Crippen molar-refractivity contribution in [2.24, 2.45) is 5.92 Å². The first kappa shape index (κ1) is 20.7. The van der Waals surface area contributed by atoms with Crippen LogP contribution in [0.15, 0.2) is 71.2 Å². The number of ketones is 1. The summed E-state index contributed by atoms with van der Waals surface area (Å²) in [7, 11) is 1.85. The predicted octanol–water partition coefficient (Wildman–Crippen LogP) is 4.24. The number of nitrogens with one attached hydrogen (secondary N) is 1. The van der Waals surface area contributed by atoms with Gasteiger partial charge in [0.05, 0.1) is 5.92 Å². The number of carbonyl (C=O) groups excluding carboxylic acids is 2. The lowest BCUT2D eigenvalue weighted by Gasteiger charge is -2.35. The number of anilines is 1. The summed E-state index contributed by atoms with van der Waals surface area (Å²) in [6.07, 6.45) is 0. The number of hydrogen-bond donors (Lipinski definition) is 3. The van der Waals surface area contributed by atoms with Gasteiger partial charge in [0.1, 0.15) is 5.54 Å². The number of halogens is 1. The number of likely N-dealkylation sites (N-methyl/N-ethyl adjacent to an activating group) is 1. The standard InChI is InChI=1S/C25H21BrN2O4/c1-28-13-17(14-9-10-20(29)21(30)12-14)22(23(31)15-5-4-6-16(26)11-15)25(28)18-7-2-3-8-19(18)27-24(25)32/h2-12,17,22,29-30H,13H2,1H3,(H,27,32). The van der Waals surface area contributed by atoms with Crippen molar-refractivity contribution in [3.63, 3.8) is 0 Å². The number of nitrogens with zero attached hydrogens (tertiary/aromatic N) is 1. The van der Waals surface area contributed by atoms with E-state index in [0.717, 1.165) is 10.0 Å². The Morgan fingerprint density at radius 2 is 1.84 bits per heavy atom. The minimum absolute atomic E-state index is 0.153. The summed E-state index contributed by atoms with van der Waals surface area (Å²) in [5.74, 6) is -1.99. The molecule has 3 atom stereocenters. The molecule has 0 saturated carbocycles. The van der Waals surface area contributed by atoms with Crippen LogP contribution in [-0.4, -0.2) is 40.4 Å². The van der Waals surface area contributed by atoms with Crippen LogP contribution >= 0.6 is 15.9 Å². The van der Waals surface area contributed by atoms with Crippen molar-refractivity contribution in [2.75, 3.05) is 18.9 Å². The Kier molecular flexibility index (Phi) is 4.83. The van der Waals surface area contributed by atoms with Gasteiger partial charge in [-0.15, -0.1) is 0 Å². The molecular weight excluding hydrogens is 472 g/mol. The number of aromatic hydroxyl groups is 2. The van der Waals surface area contributed by atoms with Gasteiger partial charge in [0.2, 0.25) is 5.91 Å². The van der Waals surface area contributed by atoms with E-state index < -0.39 is 11.5 Å². The topological polar surface area (TPSA) is 89.9 Å². The van der Waals surface area contributed by atoms with Crippen LogP contribution in [0.25, 0.3) is 0 Å². The third-order valence-electron chi connectivity index (χ3n) is 6.68. The highest BCUT2D eigenvalue weighted by Gasteiger charge is 2.64. The van der Waals surface area contributed by atoms with Gasteiger partial charge in [0, 0.05) is 33.7 Å². The molecule has 2 heterocycles. The van der Waals surface area contributed by atoms with E-state index in [1.807, 2.05) is 42.3 Å². The summed E-state index contributed by atoms with van der Waals surface area (Å²) < 4.78 is 0.777. The zero-order valence-corrected chi connectivity index (χ0v) is 18.8. The Morgan fingerprint density at radius 3 is 2.59 bits per heavy atom. The number of carbonyl (C=O) groups is 2. The molecule has 3 aromatic carbocycles. The molecule has 32 heavy (non-hydrogen) atoms. The Morgan fingerprint density at radius 1 is 1.06 bits per heavy atom. The van der Waals surface area contributed by atoms with Crippen LogP contribution in [0.3, 0.4) is 0 Å². The Labute approximate surface area is 193 Å². The molecule has 1 spiro atoms. The van der Waals surface area contributed by atoms with Crippen LogP contribution in [0, 0.1) is 5.92 Å². The summed E-state index contributed by atoms with van der Waals surface area (Å²) in [5, 5.41) is 22.9. The highest BCUT2D eigenvalue weighted by molar-refractivity contribution is 9.10. The number of benzene rings is 3. The maximum absolute atomic E-state index is 14.1. The van der Waals surface area contributed by atoms with E-state index >= 15 is 0 Å². The average Bonchev–Trinajstić information content (AvgIpc) is 3.25. The molecule has 0 radical (unpaired) electrons. The normalized spacial score (nSPS) is 24.5. The van der Waals surface area contributed by atoms with Gasteiger partial charge in [-0.25, -0.2) is 0 Å². The smallest absolute Gasteiger partial charge is 0.250 e. The molecule has 0 aromatic heterocycles. The fourth-order valence-electron chi connectivity index (χ4n) is 5.29. The lowest BCUT2D eigenvalue weighted by molar-refractivity contribution is -0.126. The molecule has 3 N–H and O–H groups in total. The first-order chi connectivity index (χ1) is 15.3. The van der Waals surface area contributed by atoms with Gasteiger partial charge in [0.25, 0.3) is 0 Å². The van der Waals surface area contributed by atoms with Crippen molar-refractivity contribution in [3.05, 3.63) is 87.9 Å². The number of hydrogen-bond acceptors (Lipinski definition) is 5. The molecule has 0 aliphatic carbocycles. The molecule has 3 unspecified atom stereocenters. The lowest BCUT2D eigenvalue weighted by Crippen LogP contribution is -2.51. The maximum Gasteiger partial charge on any atom is 0.250 e.